The maximum absolute atomic E-state index is 11.7. The molecule has 188 valence electrons. The summed E-state index contributed by atoms with van der Waals surface area (Å²) in [7, 11) is -2.58. The molecule has 0 saturated heterocycles. The van der Waals surface area contributed by atoms with Crippen molar-refractivity contribution in [1.29, 1.82) is 0 Å². The van der Waals surface area contributed by atoms with Crippen molar-refractivity contribution in [2.45, 2.75) is 18.2 Å². The van der Waals surface area contributed by atoms with Crippen LogP contribution in [0.4, 0.5) is 13.2 Å². The van der Waals surface area contributed by atoms with E-state index in [0.717, 1.165) is 41.1 Å². The minimum Gasteiger partial charge on any atom is -0.744 e. The molecule has 0 radical (unpaired) electrons. The Kier molecular flexibility index (Phi) is 8.01. The van der Waals surface area contributed by atoms with Crippen LogP contribution in [0.5, 0.6) is 11.5 Å². The molecule has 0 atom stereocenters. The van der Waals surface area contributed by atoms with Gasteiger partial charge in [0, 0.05) is 23.6 Å². The van der Waals surface area contributed by atoms with Crippen molar-refractivity contribution in [3.05, 3.63) is 95.7 Å². The van der Waals surface area contributed by atoms with Crippen LogP contribution in [0.25, 0.3) is 23.1 Å². The molecule has 6 nitrogen and oxygen atoms in total. The van der Waals surface area contributed by atoms with Gasteiger partial charge >= 0.3 is 6.36 Å². The number of pyridine rings is 1. The van der Waals surface area contributed by atoms with Crippen molar-refractivity contribution in [3.63, 3.8) is 0 Å². The number of hydrogen-bond donors (Lipinski definition) is 1. The number of halogens is 3. The van der Waals surface area contributed by atoms with E-state index in [1.165, 1.54) is 10.9 Å². The van der Waals surface area contributed by atoms with E-state index in [0.29, 0.717) is 5.75 Å². The van der Waals surface area contributed by atoms with Gasteiger partial charge in [0.25, 0.3) is 0 Å². The minimum absolute atomic E-state index is 0.336. The zero-order valence-electron chi connectivity index (χ0n) is 19.2. The van der Waals surface area contributed by atoms with Gasteiger partial charge in [-0.25, -0.2) is 8.42 Å². The molecule has 1 aromatic heterocycles. The molecule has 1 heterocycles. The molecule has 3 aromatic carbocycles. The Morgan fingerprint density at radius 2 is 1.61 bits per heavy atom. The lowest BCUT2D eigenvalue weighted by molar-refractivity contribution is -0.646. The highest BCUT2D eigenvalue weighted by Gasteiger charge is 2.31. The van der Waals surface area contributed by atoms with Gasteiger partial charge in [0.1, 0.15) is 28.7 Å². The van der Waals surface area contributed by atoms with E-state index in [9.17, 15) is 31.2 Å². The molecule has 36 heavy (non-hydrogen) atoms. The third-order valence-corrected chi connectivity index (χ3v) is 5.98. The number of para-hydroxylation sites is 1. The smallest absolute Gasteiger partial charge is 0.573 e. The highest BCUT2D eigenvalue weighted by atomic mass is 32.2. The number of benzene rings is 3. The Bertz CT molecular complexity index is 1500. The Hall–Kier alpha value is -3.89. The lowest BCUT2D eigenvalue weighted by Crippen LogP contribution is -2.32. The van der Waals surface area contributed by atoms with Gasteiger partial charge < -0.3 is 14.4 Å². The molecule has 4 rings (SSSR count). The Labute approximate surface area is 206 Å². The quantitative estimate of drug-likeness (QED) is 0.292. The number of ether oxygens (including phenoxy) is 1. The third kappa shape index (κ3) is 7.30. The van der Waals surface area contributed by atoms with E-state index < -0.39 is 27.1 Å². The summed E-state index contributed by atoms with van der Waals surface area (Å²) in [6, 6.07) is 21.2. The van der Waals surface area contributed by atoms with Gasteiger partial charge in [0.05, 0.1) is 4.90 Å². The van der Waals surface area contributed by atoms with E-state index in [1.807, 2.05) is 19.1 Å². The molecule has 0 aliphatic heterocycles. The van der Waals surface area contributed by atoms with Crippen LogP contribution in [0.3, 0.4) is 0 Å². The first kappa shape index (κ1) is 26.7. The fraction of sp³-hybridized carbons (Fsp3) is 0.115. The minimum atomic E-state index is -4.85. The second-order valence-corrected chi connectivity index (χ2v) is 9.11. The summed E-state index contributed by atoms with van der Waals surface area (Å²) in [5.74, 6) is -0.252. The number of fused-ring (bicyclic) bond motifs is 1. The number of aromatic nitrogens is 1. The zero-order valence-corrected chi connectivity index (χ0v) is 20.0. The average Bonchev–Trinajstić information content (AvgIpc) is 2.80. The molecule has 0 unspecified atom stereocenters. The van der Waals surface area contributed by atoms with Crippen molar-refractivity contribution in [2.24, 2.45) is 7.05 Å². The van der Waals surface area contributed by atoms with Crippen LogP contribution in [0.1, 0.15) is 16.8 Å². The van der Waals surface area contributed by atoms with Crippen molar-refractivity contribution in [3.8, 4) is 11.5 Å². The van der Waals surface area contributed by atoms with E-state index in [4.69, 9.17) is 0 Å². The third-order valence-electron chi connectivity index (χ3n) is 5.13. The van der Waals surface area contributed by atoms with Crippen LogP contribution in [-0.2, 0) is 17.2 Å². The normalized spacial score (nSPS) is 11.8. The molecule has 0 amide bonds. The maximum atomic E-state index is 11.7. The number of rotatable bonds is 4. The molecular formula is C26H22F3NO5S. The van der Waals surface area contributed by atoms with E-state index in [2.05, 4.69) is 64.9 Å². The van der Waals surface area contributed by atoms with Gasteiger partial charge in [-0.2, -0.15) is 4.57 Å². The van der Waals surface area contributed by atoms with Gasteiger partial charge in [-0.05, 0) is 72.7 Å². The largest absolute Gasteiger partial charge is 0.744 e. The predicted octanol–water partition coefficient (Wildman–Crippen LogP) is 5.34. The SMILES string of the molecule is Cc1cc(C=Cc2ccc3ccccc3[n+]2C)ccc1O.O=S(=O)([O-])c1ccc(OC(F)(F)F)cc1. The van der Waals surface area contributed by atoms with Crippen LogP contribution in [0, 0.1) is 6.92 Å². The van der Waals surface area contributed by atoms with E-state index in [-0.39, 0.29) is 0 Å². The number of phenols is 1. The molecule has 0 aliphatic carbocycles. The summed E-state index contributed by atoms with van der Waals surface area (Å²) < 4.78 is 71.9. The highest BCUT2D eigenvalue weighted by molar-refractivity contribution is 7.85. The number of hydrogen-bond acceptors (Lipinski definition) is 5. The molecule has 0 aliphatic rings. The number of alkyl halides is 3. The standard InChI is InChI=1S/C19H17NO.C7H5F3O4S/c1-14-13-15(8-12-19(14)21)7-10-17-11-9-16-5-3-4-6-18(16)20(17)2;8-7(9,10)14-5-1-3-6(4-2-5)15(11,12)13/h3-13H,1-2H3;1-4H,(H,11,12,13). The number of nitrogens with zero attached hydrogens (tertiary/aromatic N) is 1. The van der Waals surface area contributed by atoms with Crippen molar-refractivity contribution in [2.75, 3.05) is 0 Å². The van der Waals surface area contributed by atoms with Crippen LogP contribution in [-0.4, -0.2) is 24.4 Å². The van der Waals surface area contributed by atoms with E-state index in [1.54, 1.807) is 6.07 Å². The summed E-state index contributed by atoms with van der Waals surface area (Å²) in [6.45, 7) is 1.91. The zero-order chi connectivity index (χ0) is 26.5. The molecule has 0 bridgehead atoms. The second-order valence-electron chi connectivity index (χ2n) is 7.73. The Balaban J connectivity index is 0.000000214. The van der Waals surface area contributed by atoms with Gasteiger partial charge in [0.15, 0.2) is 0 Å². The van der Waals surface area contributed by atoms with Gasteiger partial charge in [0.2, 0.25) is 11.2 Å². The Morgan fingerprint density at radius 1 is 0.944 bits per heavy atom. The van der Waals surface area contributed by atoms with Crippen LogP contribution in [0.15, 0.2) is 83.8 Å². The molecule has 0 fully saturated rings. The number of phenolic OH excluding ortho intramolecular Hbond substituents is 1. The summed E-state index contributed by atoms with van der Waals surface area (Å²) in [5, 5.41) is 10.8. The second kappa shape index (κ2) is 10.8. The van der Waals surface area contributed by atoms with Crippen LogP contribution < -0.4 is 9.30 Å². The van der Waals surface area contributed by atoms with Crippen LogP contribution >= 0.6 is 0 Å². The van der Waals surface area contributed by atoms with Crippen molar-refractivity contribution < 1.29 is 40.6 Å². The Morgan fingerprint density at radius 3 is 2.22 bits per heavy atom. The lowest BCUT2D eigenvalue weighted by atomic mass is 10.1. The first-order valence-corrected chi connectivity index (χ1v) is 11.9. The summed E-state index contributed by atoms with van der Waals surface area (Å²) in [4.78, 5) is -0.614. The van der Waals surface area contributed by atoms with E-state index >= 15 is 0 Å². The van der Waals surface area contributed by atoms with Crippen molar-refractivity contribution >= 4 is 33.2 Å². The van der Waals surface area contributed by atoms with Gasteiger partial charge in [-0.3, -0.25) is 0 Å². The fourth-order valence-electron chi connectivity index (χ4n) is 3.30. The number of aromatic hydroxyl groups is 1. The average molecular weight is 518 g/mol. The molecule has 10 heteroatoms. The fourth-order valence-corrected chi connectivity index (χ4v) is 3.77. The maximum Gasteiger partial charge on any atom is 0.573 e. The first-order chi connectivity index (χ1) is 16.8. The summed E-state index contributed by atoms with van der Waals surface area (Å²) >= 11 is 0. The van der Waals surface area contributed by atoms with Crippen molar-refractivity contribution in [1.82, 2.24) is 0 Å². The summed E-state index contributed by atoms with van der Waals surface area (Å²) in [5.41, 5.74) is 4.32. The first-order valence-electron chi connectivity index (χ1n) is 10.5. The monoisotopic (exact) mass is 517 g/mol. The summed E-state index contributed by atoms with van der Waals surface area (Å²) in [6.07, 6.45) is -0.688. The lowest BCUT2D eigenvalue weighted by Gasteiger charge is -2.10. The van der Waals surface area contributed by atoms with Gasteiger partial charge in [-0.15, -0.1) is 13.2 Å². The molecule has 0 saturated carbocycles. The van der Waals surface area contributed by atoms with Gasteiger partial charge in [-0.1, -0.05) is 18.2 Å². The molecule has 0 spiro atoms. The topological polar surface area (TPSA) is 90.5 Å². The van der Waals surface area contributed by atoms with Crippen LogP contribution in [0.2, 0.25) is 0 Å². The number of aryl methyl sites for hydroxylation is 2. The molecular weight excluding hydrogens is 495 g/mol. The predicted molar refractivity (Wildman–Crippen MR) is 128 cm³/mol. The molecule has 4 aromatic rings. The highest BCUT2D eigenvalue weighted by Crippen LogP contribution is 2.23. The molecule has 1 N–H and O–H groups in total.